The molecule has 0 spiro atoms. The molecule has 1 heterocycles. The van der Waals surface area contributed by atoms with Gasteiger partial charge >= 0.3 is 0 Å². The lowest BCUT2D eigenvalue weighted by molar-refractivity contribution is -0.119. The van der Waals surface area contributed by atoms with Crippen LogP contribution < -0.4 is 10.2 Å². The number of carbonyl (C=O) groups excluding carboxylic acids is 2. The third-order valence-electron chi connectivity index (χ3n) is 4.50. The Morgan fingerprint density at radius 1 is 0.704 bits per heavy atom. The summed E-state index contributed by atoms with van der Waals surface area (Å²) in [5.74, 6) is -0.659. The number of carbonyl (C=O) groups is 2. The van der Waals surface area contributed by atoms with Gasteiger partial charge in [-0.25, -0.2) is 4.90 Å². The summed E-state index contributed by atoms with van der Waals surface area (Å²) in [6.45, 7) is 2.07. The Morgan fingerprint density at radius 3 is 1.89 bits per heavy atom. The number of nitrogens with zero attached hydrogens (tertiary/aromatic N) is 1. The van der Waals surface area contributed by atoms with Gasteiger partial charge in [-0.2, -0.15) is 0 Å². The van der Waals surface area contributed by atoms with Gasteiger partial charge in [-0.05, 0) is 42.3 Å². The number of hydrogen-bond acceptors (Lipinski definition) is 3. The first-order valence-electron chi connectivity index (χ1n) is 8.71. The summed E-state index contributed by atoms with van der Waals surface area (Å²) >= 11 is 0. The number of aryl methyl sites for hydroxylation is 1. The number of imide groups is 1. The SMILES string of the molecule is Cc1ccc(-c2ccc(Nc3ccccc3N3C(=O)C=CC3=O)cc2)cc1. The minimum absolute atomic E-state index is 0.330. The Bertz CT molecular complexity index is 1020. The molecule has 0 aliphatic carbocycles. The van der Waals surface area contributed by atoms with Crippen molar-refractivity contribution in [2.75, 3.05) is 10.2 Å². The smallest absolute Gasteiger partial charge is 0.258 e. The molecule has 4 heteroatoms. The first kappa shape index (κ1) is 16.8. The van der Waals surface area contributed by atoms with Crippen molar-refractivity contribution >= 4 is 28.9 Å². The molecule has 0 unspecified atom stereocenters. The Balaban J connectivity index is 1.59. The van der Waals surface area contributed by atoms with Crippen LogP contribution in [-0.4, -0.2) is 11.8 Å². The molecule has 0 atom stereocenters. The van der Waals surface area contributed by atoms with Crippen molar-refractivity contribution in [3.05, 3.63) is 90.5 Å². The first-order chi connectivity index (χ1) is 13.1. The Labute approximate surface area is 157 Å². The van der Waals surface area contributed by atoms with Crippen molar-refractivity contribution in [3.8, 4) is 11.1 Å². The number of hydrogen-bond donors (Lipinski definition) is 1. The second kappa shape index (κ2) is 6.92. The molecule has 0 saturated heterocycles. The number of rotatable bonds is 4. The van der Waals surface area contributed by atoms with Crippen LogP contribution in [0.15, 0.2) is 84.9 Å². The van der Waals surface area contributed by atoms with Crippen molar-refractivity contribution in [3.63, 3.8) is 0 Å². The number of nitrogens with one attached hydrogen (secondary N) is 1. The minimum atomic E-state index is -0.330. The lowest BCUT2D eigenvalue weighted by Crippen LogP contribution is -2.30. The van der Waals surface area contributed by atoms with Crippen LogP contribution in [0.1, 0.15) is 5.56 Å². The third-order valence-corrected chi connectivity index (χ3v) is 4.50. The Hall–Kier alpha value is -3.66. The van der Waals surface area contributed by atoms with E-state index in [2.05, 4.69) is 36.5 Å². The molecule has 3 aromatic carbocycles. The van der Waals surface area contributed by atoms with E-state index in [1.54, 1.807) is 12.1 Å². The van der Waals surface area contributed by atoms with E-state index in [0.717, 1.165) is 16.8 Å². The fraction of sp³-hybridized carbons (Fsp3) is 0.0435. The van der Waals surface area contributed by atoms with E-state index in [0.29, 0.717) is 11.4 Å². The molecular formula is C23H18N2O2. The molecule has 4 nitrogen and oxygen atoms in total. The quantitative estimate of drug-likeness (QED) is 0.683. The van der Waals surface area contributed by atoms with Crippen molar-refractivity contribution in [1.29, 1.82) is 0 Å². The van der Waals surface area contributed by atoms with Crippen molar-refractivity contribution in [1.82, 2.24) is 0 Å². The van der Waals surface area contributed by atoms with Gasteiger partial charge in [0.05, 0.1) is 11.4 Å². The van der Waals surface area contributed by atoms with Gasteiger partial charge in [0.25, 0.3) is 11.8 Å². The van der Waals surface area contributed by atoms with Crippen LogP contribution in [0.5, 0.6) is 0 Å². The van der Waals surface area contributed by atoms with E-state index >= 15 is 0 Å². The summed E-state index contributed by atoms with van der Waals surface area (Å²) in [4.78, 5) is 25.2. The van der Waals surface area contributed by atoms with Crippen molar-refractivity contribution in [2.45, 2.75) is 6.92 Å². The summed E-state index contributed by atoms with van der Waals surface area (Å²) in [7, 11) is 0. The molecule has 27 heavy (non-hydrogen) atoms. The van der Waals surface area contributed by atoms with Gasteiger partial charge in [0.1, 0.15) is 0 Å². The first-order valence-corrected chi connectivity index (χ1v) is 8.71. The second-order valence-corrected chi connectivity index (χ2v) is 6.43. The number of amides is 2. The summed E-state index contributed by atoms with van der Waals surface area (Å²) in [6, 6.07) is 23.7. The van der Waals surface area contributed by atoms with Gasteiger partial charge in [-0.1, -0.05) is 54.1 Å². The molecule has 0 aromatic heterocycles. The highest BCUT2D eigenvalue weighted by Gasteiger charge is 2.27. The average Bonchev–Trinajstić information content (AvgIpc) is 3.02. The predicted molar refractivity (Wildman–Crippen MR) is 108 cm³/mol. The molecule has 3 aromatic rings. The van der Waals surface area contributed by atoms with Gasteiger partial charge in [-0.3, -0.25) is 9.59 Å². The number of anilines is 3. The van der Waals surface area contributed by atoms with Gasteiger partial charge < -0.3 is 5.32 Å². The van der Waals surface area contributed by atoms with Gasteiger partial charge in [0.15, 0.2) is 0 Å². The zero-order valence-electron chi connectivity index (χ0n) is 14.8. The van der Waals surface area contributed by atoms with Gasteiger partial charge in [-0.15, -0.1) is 0 Å². The normalized spacial score (nSPS) is 13.3. The average molecular weight is 354 g/mol. The van der Waals surface area contributed by atoms with Crippen molar-refractivity contribution in [2.24, 2.45) is 0 Å². The minimum Gasteiger partial charge on any atom is -0.354 e. The van der Waals surface area contributed by atoms with E-state index in [-0.39, 0.29) is 11.8 Å². The van der Waals surface area contributed by atoms with Crippen LogP contribution in [0.2, 0.25) is 0 Å². The molecule has 0 radical (unpaired) electrons. The Morgan fingerprint density at radius 2 is 1.26 bits per heavy atom. The fourth-order valence-corrected chi connectivity index (χ4v) is 3.06. The van der Waals surface area contributed by atoms with E-state index in [4.69, 9.17) is 0 Å². The van der Waals surface area contributed by atoms with Gasteiger partial charge in [0, 0.05) is 17.8 Å². The summed E-state index contributed by atoms with van der Waals surface area (Å²) in [5.41, 5.74) is 5.64. The molecule has 0 bridgehead atoms. The maximum atomic E-state index is 12.0. The van der Waals surface area contributed by atoms with Gasteiger partial charge in [0.2, 0.25) is 0 Å². The van der Waals surface area contributed by atoms with Crippen LogP contribution in [0, 0.1) is 6.92 Å². The molecule has 132 valence electrons. The van der Waals surface area contributed by atoms with Crippen LogP contribution in [0.25, 0.3) is 11.1 Å². The molecule has 1 N–H and O–H groups in total. The maximum Gasteiger partial charge on any atom is 0.258 e. The molecule has 1 aliphatic heterocycles. The van der Waals surface area contributed by atoms with E-state index in [9.17, 15) is 9.59 Å². The Kier molecular flexibility index (Phi) is 4.30. The molecule has 2 amide bonds. The largest absolute Gasteiger partial charge is 0.354 e. The van der Waals surface area contributed by atoms with E-state index in [1.165, 1.54) is 22.6 Å². The fourth-order valence-electron chi connectivity index (χ4n) is 3.06. The number of benzene rings is 3. The lowest BCUT2D eigenvalue weighted by atomic mass is 10.0. The molecule has 0 fully saturated rings. The molecule has 0 saturated carbocycles. The third kappa shape index (κ3) is 3.37. The summed E-state index contributed by atoms with van der Waals surface area (Å²) < 4.78 is 0. The maximum absolute atomic E-state index is 12.0. The zero-order valence-corrected chi connectivity index (χ0v) is 14.8. The van der Waals surface area contributed by atoms with Crippen LogP contribution >= 0.6 is 0 Å². The number of para-hydroxylation sites is 2. The highest BCUT2D eigenvalue weighted by atomic mass is 16.2. The molecule has 4 rings (SSSR count). The van der Waals surface area contributed by atoms with E-state index in [1.807, 2.05) is 36.4 Å². The zero-order chi connectivity index (χ0) is 18.8. The summed E-state index contributed by atoms with van der Waals surface area (Å²) in [6.07, 6.45) is 2.57. The van der Waals surface area contributed by atoms with Crippen LogP contribution in [0.3, 0.4) is 0 Å². The van der Waals surface area contributed by atoms with E-state index < -0.39 is 0 Å². The molecular weight excluding hydrogens is 336 g/mol. The highest BCUT2D eigenvalue weighted by molar-refractivity contribution is 6.29. The standard InChI is InChI=1S/C23H18N2O2/c1-16-6-8-17(9-7-16)18-10-12-19(13-11-18)24-20-4-2-3-5-21(20)25-22(26)14-15-23(25)27/h2-15,24H,1H3. The monoisotopic (exact) mass is 354 g/mol. The summed E-state index contributed by atoms with van der Waals surface area (Å²) in [5, 5.41) is 3.30. The second-order valence-electron chi connectivity index (χ2n) is 6.43. The van der Waals surface area contributed by atoms with Crippen LogP contribution in [0.4, 0.5) is 17.1 Å². The molecule has 1 aliphatic rings. The van der Waals surface area contributed by atoms with Crippen LogP contribution in [-0.2, 0) is 9.59 Å². The topological polar surface area (TPSA) is 49.4 Å². The van der Waals surface area contributed by atoms with Crippen molar-refractivity contribution < 1.29 is 9.59 Å². The highest BCUT2D eigenvalue weighted by Crippen LogP contribution is 2.31. The lowest BCUT2D eigenvalue weighted by Gasteiger charge is -2.19. The predicted octanol–water partition coefficient (Wildman–Crippen LogP) is 4.84.